The summed E-state index contributed by atoms with van der Waals surface area (Å²) in [6.07, 6.45) is -3.09. The molecule has 2 aromatic rings. The van der Waals surface area contributed by atoms with Crippen LogP contribution in [0, 0.1) is 5.92 Å². The predicted molar refractivity (Wildman–Crippen MR) is 109 cm³/mol. The molecule has 0 aromatic heterocycles. The Kier molecular flexibility index (Phi) is 5.47. The van der Waals surface area contributed by atoms with Gasteiger partial charge in [0, 0.05) is 19.2 Å². The van der Waals surface area contributed by atoms with Gasteiger partial charge in [0.2, 0.25) is 0 Å². The number of likely N-dealkylation sites (tertiary alicyclic amines) is 1. The Morgan fingerprint density at radius 1 is 0.935 bits per heavy atom. The standard InChI is InChI=1S/C23H21F3N2O3/c1-15-10-12-27(13-11-15)20-19(16-6-3-2-4-7-16)21(29)28(22(20)30)17-8-5-9-18(14-17)31-23(24,25)26/h2-9,14-15H,10-13H2,1H3. The smallest absolute Gasteiger partial charge is 0.406 e. The SMILES string of the molecule is CC1CCN(C2=C(c3ccccc3)C(=O)N(c3cccc(OC(F)(F)F)c3)C2=O)CC1. The van der Waals surface area contributed by atoms with E-state index in [-0.39, 0.29) is 11.3 Å². The van der Waals surface area contributed by atoms with Crippen molar-refractivity contribution in [2.24, 2.45) is 5.92 Å². The van der Waals surface area contributed by atoms with Crippen molar-refractivity contribution in [2.75, 3.05) is 18.0 Å². The first-order valence-electron chi connectivity index (χ1n) is 10.0. The normalized spacial score (nSPS) is 18.2. The summed E-state index contributed by atoms with van der Waals surface area (Å²) < 4.78 is 41.9. The summed E-state index contributed by atoms with van der Waals surface area (Å²) in [4.78, 5) is 29.7. The molecule has 0 saturated carbocycles. The average molecular weight is 430 g/mol. The van der Waals surface area contributed by atoms with Gasteiger partial charge >= 0.3 is 6.36 Å². The molecule has 1 saturated heterocycles. The molecule has 2 amide bonds. The number of carbonyl (C=O) groups excluding carboxylic acids is 2. The highest BCUT2D eigenvalue weighted by Crippen LogP contribution is 2.37. The van der Waals surface area contributed by atoms with E-state index in [0.29, 0.717) is 30.3 Å². The molecule has 4 rings (SSSR count). The molecule has 31 heavy (non-hydrogen) atoms. The Hall–Kier alpha value is -3.29. The van der Waals surface area contributed by atoms with Crippen molar-refractivity contribution in [3.05, 3.63) is 65.9 Å². The molecule has 2 aliphatic heterocycles. The van der Waals surface area contributed by atoms with Gasteiger partial charge in [-0.25, -0.2) is 4.90 Å². The van der Waals surface area contributed by atoms with Crippen LogP contribution >= 0.6 is 0 Å². The number of benzene rings is 2. The van der Waals surface area contributed by atoms with E-state index in [0.717, 1.165) is 29.9 Å². The van der Waals surface area contributed by atoms with E-state index in [1.165, 1.54) is 12.1 Å². The van der Waals surface area contributed by atoms with Crippen molar-refractivity contribution >= 4 is 23.1 Å². The molecule has 2 heterocycles. The third kappa shape index (κ3) is 4.28. The number of halogens is 3. The molecule has 162 valence electrons. The van der Waals surface area contributed by atoms with E-state index >= 15 is 0 Å². The lowest BCUT2D eigenvalue weighted by Gasteiger charge is -2.32. The van der Waals surface area contributed by atoms with Crippen molar-refractivity contribution in [3.63, 3.8) is 0 Å². The first-order valence-corrected chi connectivity index (χ1v) is 10.0. The molecule has 0 N–H and O–H groups in total. The molecule has 0 unspecified atom stereocenters. The van der Waals surface area contributed by atoms with Gasteiger partial charge < -0.3 is 9.64 Å². The summed E-state index contributed by atoms with van der Waals surface area (Å²) in [7, 11) is 0. The topological polar surface area (TPSA) is 49.9 Å². The molecule has 0 atom stereocenters. The summed E-state index contributed by atoms with van der Waals surface area (Å²) in [5.74, 6) is -1.07. The van der Waals surface area contributed by atoms with Gasteiger partial charge in [0.25, 0.3) is 11.8 Å². The monoisotopic (exact) mass is 430 g/mol. The van der Waals surface area contributed by atoms with Gasteiger partial charge in [-0.1, -0.05) is 43.3 Å². The van der Waals surface area contributed by atoms with Gasteiger partial charge in [-0.3, -0.25) is 9.59 Å². The second kappa shape index (κ2) is 8.09. The lowest BCUT2D eigenvalue weighted by molar-refractivity contribution is -0.274. The number of alkyl halides is 3. The molecule has 2 aromatic carbocycles. The number of hydrogen-bond donors (Lipinski definition) is 0. The average Bonchev–Trinajstić information content (AvgIpc) is 2.98. The van der Waals surface area contributed by atoms with Gasteiger partial charge in [0.05, 0.1) is 11.3 Å². The Morgan fingerprint density at radius 3 is 2.26 bits per heavy atom. The van der Waals surface area contributed by atoms with Crippen molar-refractivity contribution in [1.82, 2.24) is 4.90 Å². The van der Waals surface area contributed by atoms with Crippen molar-refractivity contribution in [2.45, 2.75) is 26.1 Å². The number of amides is 2. The molecule has 8 heteroatoms. The summed E-state index contributed by atoms with van der Waals surface area (Å²) in [5, 5.41) is 0. The van der Waals surface area contributed by atoms with Crippen molar-refractivity contribution in [1.29, 1.82) is 0 Å². The first-order chi connectivity index (χ1) is 14.7. The van der Waals surface area contributed by atoms with Crippen LogP contribution in [0.4, 0.5) is 18.9 Å². The van der Waals surface area contributed by atoms with Crippen molar-refractivity contribution in [3.8, 4) is 5.75 Å². The highest BCUT2D eigenvalue weighted by atomic mass is 19.4. The minimum Gasteiger partial charge on any atom is -0.406 e. The molecule has 0 bridgehead atoms. The molecule has 2 aliphatic rings. The van der Waals surface area contributed by atoms with E-state index in [2.05, 4.69) is 11.7 Å². The Morgan fingerprint density at radius 2 is 1.61 bits per heavy atom. The van der Waals surface area contributed by atoms with Gasteiger partial charge in [-0.15, -0.1) is 13.2 Å². The number of ether oxygens (including phenoxy) is 1. The molecular formula is C23H21F3N2O3. The van der Waals surface area contributed by atoms with Gasteiger partial charge in [0.15, 0.2) is 0 Å². The fraction of sp³-hybridized carbons (Fsp3) is 0.304. The maximum Gasteiger partial charge on any atom is 0.573 e. The van der Waals surface area contributed by atoms with E-state index in [1.54, 1.807) is 24.3 Å². The number of carbonyl (C=O) groups is 2. The number of hydrogen-bond acceptors (Lipinski definition) is 4. The van der Waals surface area contributed by atoms with Crippen LogP contribution < -0.4 is 9.64 Å². The van der Waals surface area contributed by atoms with Gasteiger partial charge in [-0.2, -0.15) is 0 Å². The number of piperidine rings is 1. The van der Waals surface area contributed by atoms with Crippen LogP contribution in [-0.4, -0.2) is 36.2 Å². The maximum atomic E-state index is 13.4. The van der Waals surface area contributed by atoms with E-state index in [9.17, 15) is 22.8 Å². The number of imide groups is 1. The van der Waals surface area contributed by atoms with E-state index in [1.807, 2.05) is 11.0 Å². The van der Waals surface area contributed by atoms with Gasteiger partial charge in [-0.05, 0) is 36.5 Å². The fourth-order valence-corrected chi connectivity index (χ4v) is 3.96. The zero-order valence-electron chi connectivity index (χ0n) is 16.9. The van der Waals surface area contributed by atoms with Crippen LogP contribution in [0.3, 0.4) is 0 Å². The third-order valence-electron chi connectivity index (χ3n) is 5.53. The zero-order chi connectivity index (χ0) is 22.2. The molecule has 0 spiro atoms. The quantitative estimate of drug-likeness (QED) is 0.666. The highest BCUT2D eigenvalue weighted by molar-refractivity contribution is 6.45. The van der Waals surface area contributed by atoms with Crippen LogP contribution in [0.2, 0.25) is 0 Å². The fourth-order valence-electron chi connectivity index (χ4n) is 3.96. The Balaban J connectivity index is 1.74. The Bertz CT molecular complexity index is 1030. The number of rotatable bonds is 4. The van der Waals surface area contributed by atoms with Crippen molar-refractivity contribution < 1.29 is 27.5 Å². The first kappa shape index (κ1) is 21.0. The van der Waals surface area contributed by atoms with Crippen LogP contribution in [0.25, 0.3) is 5.57 Å². The molecule has 5 nitrogen and oxygen atoms in total. The number of nitrogens with zero attached hydrogens (tertiary/aromatic N) is 2. The molecule has 0 radical (unpaired) electrons. The van der Waals surface area contributed by atoms with Crippen LogP contribution in [0.5, 0.6) is 5.75 Å². The lowest BCUT2D eigenvalue weighted by atomic mass is 9.97. The summed E-state index contributed by atoms with van der Waals surface area (Å²) in [5.41, 5.74) is 1.19. The third-order valence-corrected chi connectivity index (χ3v) is 5.53. The molecule has 0 aliphatic carbocycles. The summed E-state index contributed by atoms with van der Waals surface area (Å²) >= 11 is 0. The minimum absolute atomic E-state index is 0.0329. The van der Waals surface area contributed by atoms with E-state index < -0.39 is 23.9 Å². The van der Waals surface area contributed by atoms with Gasteiger partial charge in [0.1, 0.15) is 11.4 Å². The highest BCUT2D eigenvalue weighted by Gasteiger charge is 2.43. The second-order valence-corrected chi connectivity index (χ2v) is 7.75. The molecular weight excluding hydrogens is 409 g/mol. The van der Waals surface area contributed by atoms with E-state index in [4.69, 9.17) is 0 Å². The number of anilines is 1. The lowest BCUT2D eigenvalue weighted by Crippen LogP contribution is -2.38. The van der Waals surface area contributed by atoms with Crippen LogP contribution in [0.1, 0.15) is 25.3 Å². The maximum absolute atomic E-state index is 13.4. The second-order valence-electron chi connectivity index (χ2n) is 7.75. The summed E-state index contributed by atoms with van der Waals surface area (Å²) in [6, 6.07) is 13.8. The molecule has 1 fully saturated rings. The predicted octanol–water partition coefficient (Wildman–Crippen LogP) is 4.60. The van der Waals surface area contributed by atoms with Crippen LogP contribution in [-0.2, 0) is 9.59 Å². The summed E-state index contributed by atoms with van der Waals surface area (Å²) in [6.45, 7) is 3.41. The minimum atomic E-state index is -4.87. The zero-order valence-corrected chi connectivity index (χ0v) is 16.9. The Labute approximate surface area is 177 Å². The largest absolute Gasteiger partial charge is 0.573 e. The van der Waals surface area contributed by atoms with Crippen LogP contribution in [0.15, 0.2) is 60.3 Å².